The average molecular weight is 125 g/mol. The fraction of sp³-hybridized carbons (Fsp3) is 0.714. The van der Waals surface area contributed by atoms with Crippen molar-refractivity contribution in [1.29, 1.82) is 0 Å². The fourth-order valence-electron chi connectivity index (χ4n) is 0.972. The predicted molar refractivity (Wildman–Crippen MR) is 35.7 cm³/mol. The van der Waals surface area contributed by atoms with E-state index in [1.165, 1.54) is 0 Å². The van der Waals surface area contributed by atoms with Crippen molar-refractivity contribution in [3.8, 4) is 12.3 Å². The molecule has 2 atom stereocenters. The molecule has 1 saturated heterocycles. The lowest BCUT2D eigenvalue weighted by molar-refractivity contribution is 0.184. The Kier molecular flexibility index (Phi) is 2.10. The van der Waals surface area contributed by atoms with Crippen molar-refractivity contribution in [2.24, 2.45) is 11.7 Å². The topological polar surface area (TPSA) is 35.2 Å². The molecule has 1 aliphatic rings. The first kappa shape index (κ1) is 6.60. The Hall–Kier alpha value is -0.520. The van der Waals surface area contributed by atoms with E-state index in [1.807, 2.05) is 0 Å². The van der Waals surface area contributed by atoms with Gasteiger partial charge in [0.1, 0.15) is 0 Å². The minimum atomic E-state index is -0.104. The number of terminal acetylenes is 1. The summed E-state index contributed by atoms with van der Waals surface area (Å²) in [4.78, 5) is 0. The highest BCUT2D eigenvalue weighted by Crippen LogP contribution is 2.14. The summed E-state index contributed by atoms with van der Waals surface area (Å²) in [5.74, 6) is 2.90. The molecule has 0 saturated carbocycles. The lowest BCUT2D eigenvalue weighted by Crippen LogP contribution is -2.28. The van der Waals surface area contributed by atoms with Gasteiger partial charge < -0.3 is 10.5 Å². The van der Waals surface area contributed by atoms with Crippen LogP contribution in [-0.4, -0.2) is 19.3 Å². The van der Waals surface area contributed by atoms with Crippen LogP contribution in [-0.2, 0) is 4.74 Å². The Balaban J connectivity index is 2.34. The summed E-state index contributed by atoms with van der Waals surface area (Å²) in [6, 6.07) is -0.104. The molecule has 0 unspecified atom stereocenters. The molecule has 0 aromatic carbocycles. The van der Waals surface area contributed by atoms with Crippen molar-refractivity contribution in [3.05, 3.63) is 0 Å². The van der Waals surface area contributed by atoms with E-state index in [-0.39, 0.29) is 6.04 Å². The third-order valence-electron chi connectivity index (χ3n) is 1.67. The van der Waals surface area contributed by atoms with E-state index in [0.717, 1.165) is 19.6 Å². The average Bonchev–Trinajstić information content (AvgIpc) is 2.37. The van der Waals surface area contributed by atoms with Crippen molar-refractivity contribution in [1.82, 2.24) is 0 Å². The highest BCUT2D eigenvalue weighted by Gasteiger charge is 2.20. The van der Waals surface area contributed by atoms with Crippen LogP contribution in [0.4, 0.5) is 0 Å². The van der Waals surface area contributed by atoms with Gasteiger partial charge in [0.05, 0.1) is 12.6 Å². The molecule has 2 N–H and O–H groups in total. The van der Waals surface area contributed by atoms with E-state index < -0.39 is 0 Å². The van der Waals surface area contributed by atoms with Gasteiger partial charge >= 0.3 is 0 Å². The summed E-state index contributed by atoms with van der Waals surface area (Å²) >= 11 is 0. The second-order valence-corrected chi connectivity index (χ2v) is 2.32. The molecule has 1 aliphatic heterocycles. The van der Waals surface area contributed by atoms with Gasteiger partial charge in [-0.3, -0.25) is 0 Å². The Morgan fingerprint density at radius 3 is 3.00 bits per heavy atom. The van der Waals surface area contributed by atoms with Crippen LogP contribution in [0, 0.1) is 18.3 Å². The van der Waals surface area contributed by atoms with Crippen LogP contribution in [0.15, 0.2) is 0 Å². The van der Waals surface area contributed by atoms with Gasteiger partial charge in [0.15, 0.2) is 0 Å². The van der Waals surface area contributed by atoms with Crippen LogP contribution in [0.1, 0.15) is 6.42 Å². The van der Waals surface area contributed by atoms with Crippen LogP contribution in [0.3, 0.4) is 0 Å². The molecule has 1 rings (SSSR count). The Morgan fingerprint density at radius 1 is 1.78 bits per heavy atom. The summed E-state index contributed by atoms with van der Waals surface area (Å²) in [5.41, 5.74) is 5.56. The monoisotopic (exact) mass is 125 g/mol. The number of hydrogen-bond acceptors (Lipinski definition) is 2. The van der Waals surface area contributed by atoms with Gasteiger partial charge in [0.25, 0.3) is 0 Å². The minimum Gasteiger partial charge on any atom is -0.381 e. The number of ether oxygens (including phenoxy) is 1. The third-order valence-corrected chi connectivity index (χ3v) is 1.67. The van der Waals surface area contributed by atoms with Crippen molar-refractivity contribution < 1.29 is 4.74 Å². The van der Waals surface area contributed by atoms with E-state index in [4.69, 9.17) is 16.9 Å². The zero-order chi connectivity index (χ0) is 6.69. The third kappa shape index (κ3) is 1.44. The zero-order valence-electron chi connectivity index (χ0n) is 5.34. The van der Waals surface area contributed by atoms with Crippen LogP contribution in [0.25, 0.3) is 0 Å². The molecular weight excluding hydrogens is 114 g/mol. The molecule has 0 aromatic rings. The number of rotatable bonds is 1. The van der Waals surface area contributed by atoms with E-state index in [1.54, 1.807) is 0 Å². The molecule has 2 nitrogen and oxygen atoms in total. The number of hydrogen-bond donors (Lipinski definition) is 1. The molecule has 9 heavy (non-hydrogen) atoms. The molecule has 0 amide bonds. The maximum atomic E-state index is 5.56. The standard InChI is InChI=1S/C7H11NO/c1-2-7(8)6-3-4-9-5-6/h1,6-7H,3-5,8H2/t6-,7-/m0/s1. The Morgan fingerprint density at radius 2 is 2.56 bits per heavy atom. The molecule has 1 fully saturated rings. The maximum absolute atomic E-state index is 5.56. The van der Waals surface area contributed by atoms with Crippen LogP contribution < -0.4 is 5.73 Å². The maximum Gasteiger partial charge on any atom is 0.0713 e. The summed E-state index contributed by atoms with van der Waals surface area (Å²) in [6.45, 7) is 1.56. The normalized spacial score (nSPS) is 29.6. The first-order valence-electron chi connectivity index (χ1n) is 3.14. The molecular formula is C7H11NO. The van der Waals surface area contributed by atoms with Gasteiger partial charge in [-0.25, -0.2) is 0 Å². The zero-order valence-corrected chi connectivity index (χ0v) is 5.34. The molecule has 50 valence electrons. The van der Waals surface area contributed by atoms with Gasteiger partial charge in [-0.05, 0) is 6.42 Å². The molecule has 1 heterocycles. The summed E-state index contributed by atoms with van der Waals surface area (Å²) < 4.78 is 5.10. The van der Waals surface area contributed by atoms with Crippen molar-refractivity contribution in [2.45, 2.75) is 12.5 Å². The highest BCUT2D eigenvalue weighted by atomic mass is 16.5. The summed E-state index contributed by atoms with van der Waals surface area (Å²) in [6.07, 6.45) is 6.14. The van der Waals surface area contributed by atoms with Gasteiger partial charge in [-0.2, -0.15) is 0 Å². The van der Waals surface area contributed by atoms with E-state index in [2.05, 4.69) is 5.92 Å². The fourth-order valence-corrected chi connectivity index (χ4v) is 0.972. The van der Waals surface area contributed by atoms with E-state index >= 15 is 0 Å². The Bertz CT molecular complexity index is 121. The van der Waals surface area contributed by atoms with Crippen molar-refractivity contribution >= 4 is 0 Å². The number of nitrogens with two attached hydrogens (primary N) is 1. The Labute approximate surface area is 55.4 Å². The van der Waals surface area contributed by atoms with Crippen LogP contribution >= 0.6 is 0 Å². The van der Waals surface area contributed by atoms with Crippen LogP contribution in [0.5, 0.6) is 0 Å². The van der Waals surface area contributed by atoms with Gasteiger partial charge in [0.2, 0.25) is 0 Å². The lowest BCUT2D eigenvalue weighted by Gasteiger charge is -2.09. The van der Waals surface area contributed by atoms with Crippen molar-refractivity contribution in [2.75, 3.05) is 13.2 Å². The first-order valence-corrected chi connectivity index (χ1v) is 3.14. The SMILES string of the molecule is C#C[C@H](N)[C@H]1CCOC1. The largest absolute Gasteiger partial charge is 0.381 e. The molecule has 0 bridgehead atoms. The smallest absolute Gasteiger partial charge is 0.0713 e. The second-order valence-electron chi connectivity index (χ2n) is 2.32. The molecule has 0 spiro atoms. The van der Waals surface area contributed by atoms with Gasteiger partial charge in [0, 0.05) is 12.5 Å². The first-order chi connectivity index (χ1) is 4.34. The molecule has 0 aliphatic carbocycles. The quantitative estimate of drug-likeness (QED) is 0.500. The van der Waals surface area contributed by atoms with Gasteiger partial charge in [-0.1, -0.05) is 5.92 Å². The molecule has 0 radical (unpaired) electrons. The molecule has 0 aromatic heterocycles. The second kappa shape index (κ2) is 2.86. The van der Waals surface area contributed by atoms with Crippen LogP contribution in [0.2, 0.25) is 0 Å². The lowest BCUT2D eigenvalue weighted by atomic mass is 10.0. The van der Waals surface area contributed by atoms with E-state index in [0.29, 0.717) is 5.92 Å². The van der Waals surface area contributed by atoms with E-state index in [9.17, 15) is 0 Å². The van der Waals surface area contributed by atoms with Gasteiger partial charge in [-0.15, -0.1) is 6.42 Å². The molecule has 2 heteroatoms. The highest BCUT2D eigenvalue weighted by molar-refractivity contribution is 5.00. The minimum absolute atomic E-state index is 0.104. The summed E-state index contributed by atoms with van der Waals surface area (Å²) in [7, 11) is 0. The van der Waals surface area contributed by atoms with Crippen molar-refractivity contribution in [3.63, 3.8) is 0 Å². The predicted octanol–water partition coefficient (Wildman–Crippen LogP) is -0.0166. The summed E-state index contributed by atoms with van der Waals surface area (Å²) in [5, 5.41) is 0.